The van der Waals surface area contributed by atoms with Crippen LogP contribution in [-0.2, 0) is 7.05 Å². The Kier molecular flexibility index (Phi) is 2.26. The average Bonchev–Trinajstić information content (AvgIpc) is 2.68. The third-order valence-electron chi connectivity index (χ3n) is 2.88. The molecule has 0 aliphatic heterocycles. The van der Waals surface area contributed by atoms with Crippen LogP contribution in [0.5, 0.6) is 5.75 Å². The van der Waals surface area contributed by atoms with Crippen LogP contribution in [0.3, 0.4) is 0 Å². The summed E-state index contributed by atoms with van der Waals surface area (Å²) < 4.78 is 15.6. The van der Waals surface area contributed by atoms with Gasteiger partial charge >= 0.3 is 0 Å². The summed E-state index contributed by atoms with van der Waals surface area (Å²) in [4.78, 5) is 8.40. The van der Waals surface area contributed by atoms with E-state index in [0.29, 0.717) is 11.4 Å². The van der Waals surface area contributed by atoms with Crippen molar-refractivity contribution in [3.8, 4) is 17.1 Å². The van der Waals surface area contributed by atoms with Gasteiger partial charge in [-0.2, -0.15) is 0 Å². The lowest BCUT2D eigenvalue weighted by atomic mass is 10.2. The lowest BCUT2D eigenvalue weighted by molar-refractivity contribution is 0.469. The quantitative estimate of drug-likeness (QED) is 0.714. The van der Waals surface area contributed by atoms with Crippen molar-refractivity contribution >= 4 is 11.0 Å². The summed E-state index contributed by atoms with van der Waals surface area (Å²) in [6.07, 6.45) is 3.33. The van der Waals surface area contributed by atoms with Crippen molar-refractivity contribution < 1.29 is 9.50 Å². The first-order chi connectivity index (χ1) is 8.66. The molecule has 5 heteroatoms. The number of hydrogen-bond donors (Lipinski definition) is 1. The Labute approximate surface area is 102 Å². The number of halogens is 1. The molecule has 0 saturated carbocycles. The van der Waals surface area contributed by atoms with Crippen molar-refractivity contribution in [1.82, 2.24) is 14.5 Å². The van der Waals surface area contributed by atoms with Crippen molar-refractivity contribution in [2.75, 3.05) is 0 Å². The van der Waals surface area contributed by atoms with E-state index in [1.54, 1.807) is 30.1 Å². The van der Waals surface area contributed by atoms with Gasteiger partial charge < -0.3 is 9.67 Å². The maximum absolute atomic E-state index is 13.8. The molecule has 0 unspecified atom stereocenters. The van der Waals surface area contributed by atoms with Crippen LogP contribution in [0.15, 0.2) is 36.7 Å². The van der Waals surface area contributed by atoms with Gasteiger partial charge in [0.1, 0.15) is 17.4 Å². The Morgan fingerprint density at radius 3 is 2.83 bits per heavy atom. The van der Waals surface area contributed by atoms with Gasteiger partial charge in [0.25, 0.3) is 0 Å². The maximum Gasteiger partial charge on any atom is 0.143 e. The fourth-order valence-corrected chi connectivity index (χ4v) is 1.96. The lowest BCUT2D eigenvalue weighted by Crippen LogP contribution is -1.94. The molecule has 1 aromatic carbocycles. The molecule has 3 rings (SSSR count). The SMILES string of the molecule is Cn1c(-c2ccc(O)cc2F)nc2ccncc21. The third kappa shape index (κ3) is 1.52. The zero-order valence-corrected chi connectivity index (χ0v) is 9.63. The second kappa shape index (κ2) is 3.80. The number of nitrogens with zero attached hydrogens (tertiary/aromatic N) is 3. The van der Waals surface area contributed by atoms with Gasteiger partial charge in [-0.15, -0.1) is 0 Å². The van der Waals surface area contributed by atoms with Crippen LogP contribution in [-0.4, -0.2) is 19.6 Å². The third-order valence-corrected chi connectivity index (χ3v) is 2.88. The van der Waals surface area contributed by atoms with Gasteiger partial charge in [0.2, 0.25) is 0 Å². The monoisotopic (exact) mass is 243 g/mol. The van der Waals surface area contributed by atoms with Crippen molar-refractivity contribution in [2.24, 2.45) is 7.05 Å². The molecule has 0 aliphatic rings. The number of aryl methyl sites for hydroxylation is 1. The van der Waals surface area contributed by atoms with Crippen LogP contribution in [0.25, 0.3) is 22.4 Å². The minimum Gasteiger partial charge on any atom is -0.508 e. The van der Waals surface area contributed by atoms with E-state index >= 15 is 0 Å². The predicted octanol–water partition coefficient (Wildman–Crippen LogP) is 2.48. The molecular formula is C13H10FN3O. The predicted molar refractivity (Wildman–Crippen MR) is 65.6 cm³/mol. The van der Waals surface area contributed by atoms with Crippen molar-refractivity contribution in [2.45, 2.75) is 0 Å². The van der Waals surface area contributed by atoms with Gasteiger partial charge in [0.05, 0.1) is 22.8 Å². The molecule has 0 amide bonds. The summed E-state index contributed by atoms with van der Waals surface area (Å²) in [5.74, 6) is -0.0893. The number of rotatable bonds is 1. The molecule has 18 heavy (non-hydrogen) atoms. The first-order valence-corrected chi connectivity index (χ1v) is 5.42. The molecule has 0 atom stereocenters. The van der Waals surface area contributed by atoms with E-state index < -0.39 is 5.82 Å². The molecule has 0 radical (unpaired) electrons. The number of imidazole rings is 1. The fraction of sp³-hybridized carbons (Fsp3) is 0.0769. The zero-order chi connectivity index (χ0) is 12.7. The standard InChI is InChI=1S/C13H10FN3O/c1-17-12-7-15-5-4-11(12)16-13(17)9-3-2-8(18)6-10(9)14/h2-7,18H,1H3. The molecule has 2 heterocycles. The van der Waals surface area contributed by atoms with E-state index in [1.807, 2.05) is 0 Å². The minimum absolute atomic E-state index is 0.100. The number of pyridine rings is 1. The number of aromatic nitrogens is 3. The van der Waals surface area contributed by atoms with E-state index in [9.17, 15) is 9.50 Å². The molecule has 4 nitrogen and oxygen atoms in total. The highest BCUT2D eigenvalue weighted by atomic mass is 19.1. The van der Waals surface area contributed by atoms with Gasteiger partial charge in [-0.3, -0.25) is 4.98 Å². The van der Waals surface area contributed by atoms with Crippen LogP contribution in [0, 0.1) is 5.82 Å². The molecule has 0 bridgehead atoms. The molecule has 0 spiro atoms. The summed E-state index contributed by atoms with van der Waals surface area (Å²) in [6, 6.07) is 5.80. The zero-order valence-electron chi connectivity index (χ0n) is 9.63. The van der Waals surface area contributed by atoms with Gasteiger partial charge in [0.15, 0.2) is 0 Å². The normalized spacial score (nSPS) is 11.0. The molecule has 0 aliphatic carbocycles. The van der Waals surface area contributed by atoms with Gasteiger partial charge in [0, 0.05) is 19.3 Å². The topological polar surface area (TPSA) is 50.9 Å². The van der Waals surface area contributed by atoms with E-state index in [1.165, 1.54) is 12.1 Å². The molecule has 0 saturated heterocycles. The summed E-state index contributed by atoms with van der Waals surface area (Å²) in [6.45, 7) is 0. The molecule has 90 valence electrons. The van der Waals surface area contributed by atoms with Gasteiger partial charge in [-0.05, 0) is 18.2 Å². The second-order valence-electron chi connectivity index (χ2n) is 4.02. The van der Waals surface area contributed by atoms with E-state index in [0.717, 1.165) is 17.1 Å². The Balaban J connectivity index is 2.28. The average molecular weight is 243 g/mol. The Hall–Kier alpha value is -2.43. The summed E-state index contributed by atoms with van der Waals surface area (Å²) in [5, 5.41) is 9.22. The fourth-order valence-electron chi connectivity index (χ4n) is 1.96. The number of hydrogen-bond acceptors (Lipinski definition) is 3. The lowest BCUT2D eigenvalue weighted by Gasteiger charge is -2.04. The second-order valence-corrected chi connectivity index (χ2v) is 4.02. The number of aromatic hydroxyl groups is 1. The molecular weight excluding hydrogens is 233 g/mol. The number of benzene rings is 1. The van der Waals surface area contributed by atoms with Crippen molar-refractivity contribution in [3.63, 3.8) is 0 Å². The van der Waals surface area contributed by atoms with Crippen LogP contribution in [0.2, 0.25) is 0 Å². The first kappa shape index (κ1) is 10.7. The number of fused-ring (bicyclic) bond motifs is 1. The number of phenols is 1. The highest BCUT2D eigenvalue weighted by Gasteiger charge is 2.13. The van der Waals surface area contributed by atoms with E-state index in [2.05, 4.69) is 9.97 Å². The van der Waals surface area contributed by atoms with Crippen molar-refractivity contribution in [1.29, 1.82) is 0 Å². The Bertz CT molecular complexity index is 736. The van der Waals surface area contributed by atoms with Crippen LogP contribution in [0.4, 0.5) is 4.39 Å². The Morgan fingerprint density at radius 1 is 1.28 bits per heavy atom. The van der Waals surface area contributed by atoms with Crippen LogP contribution < -0.4 is 0 Å². The largest absolute Gasteiger partial charge is 0.508 e. The maximum atomic E-state index is 13.8. The van der Waals surface area contributed by atoms with Crippen LogP contribution in [0.1, 0.15) is 0 Å². The molecule has 1 N–H and O–H groups in total. The molecule has 0 fully saturated rings. The highest BCUT2D eigenvalue weighted by Crippen LogP contribution is 2.27. The van der Waals surface area contributed by atoms with Crippen LogP contribution >= 0.6 is 0 Å². The Morgan fingerprint density at radius 2 is 2.11 bits per heavy atom. The van der Waals surface area contributed by atoms with Gasteiger partial charge in [-0.25, -0.2) is 9.37 Å². The van der Waals surface area contributed by atoms with Gasteiger partial charge in [-0.1, -0.05) is 0 Å². The smallest absolute Gasteiger partial charge is 0.143 e. The summed E-state index contributed by atoms with van der Waals surface area (Å²) >= 11 is 0. The van der Waals surface area contributed by atoms with E-state index in [-0.39, 0.29) is 5.75 Å². The minimum atomic E-state index is -0.499. The summed E-state index contributed by atoms with van der Waals surface area (Å²) in [7, 11) is 1.80. The highest BCUT2D eigenvalue weighted by molar-refractivity contribution is 5.79. The molecule has 2 aromatic heterocycles. The molecule has 3 aromatic rings. The van der Waals surface area contributed by atoms with E-state index in [4.69, 9.17) is 0 Å². The summed E-state index contributed by atoms with van der Waals surface area (Å²) in [5.41, 5.74) is 1.95. The first-order valence-electron chi connectivity index (χ1n) is 5.42. The number of phenolic OH excluding ortho intramolecular Hbond substituents is 1. The van der Waals surface area contributed by atoms with Crippen molar-refractivity contribution in [3.05, 3.63) is 42.5 Å².